The predicted molar refractivity (Wildman–Crippen MR) is 112 cm³/mol. The Labute approximate surface area is 170 Å². The van der Waals surface area contributed by atoms with Gasteiger partial charge in [0, 0.05) is 36.0 Å². The molecule has 2 aromatic rings. The number of carbonyl (C=O) groups is 2. The van der Waals surface area contributed by atoms with Gasteiger partial charge >= 0.3 is 0 Å². The van der Waals surface area contributed by atoms with Crippen LogP contribution >= 0.6 is 11.8 Å². The number of benzene rings is 1. The van der Waals surface area contributed by atoms with Crippen LogP contribution in [0.5, 0.6) is 0 Å². The zero-order valence-corrected chi connectivity index (χ0v) is 17.4. The smallest absolute Gasteiger partial charge is 0.227 e. The molecule has 1 aliphatic carbocycles. The number of amides is 1. The summed E-state index contributed by atoms with van der Waals surface area (Å²) in [7, 11) is 0. The van der Waals surface area contributed by atoms with Crippen molar-refractivity contribution in [2.24, 2.45) is 0 Å². The van der Waals surface area contributed by atoms with Crippen LogP contribution < -0.4 is 4.90 Å². The molecule has 1 saturated carbocycles. The van der Waals surface area contributed by atoms with E-state index >= 15 is 0 Å². The third-order valence-corrected chi connectivity index (χ3v) is 6.90. The first-order chi connectivity index (χ1) is 13.5. The lowest BCUT2D eigenvalue weighted by molar-refractivity contribution is -0.117. The number of rotatable bonds is 6. The zero-order valence-electron chi connectivity index (χ0n) is 16.6. The maximum absolute atomic E-state index is 12.7. The van der Waals surface area contributed by atoms with E-state index in [-0.39, 0.29) is 11.7 Å². The Morgan fingerprint density at radius 1 is 1.14 bits per heavy atom. The summed E-state index contributed by atoms with van der Waals surface area (Å²) in [6, 6.07) is 7.97. The first kappa shape index (κ1) is 19.2. The van der Waals surface area contributed by atoms with Crippen LogP contribution in [0.3, 0.4) is 0 Å². The van der Waals surface area contributed by atoms with E-state index < -0.39 is 0 Å². The van der Waals surface area contributed by atoms with Gasteiger partial charge in [-0.25, -0.2) is 4.98 Å². The van der Waals surface area contributed by atoms with Gasteiger partial charge in [0.15, 0.2) is 10.9 Å². The lowest BCUT2D eigenvalue weighted by Crippen LogP contribution is -2.23. The number of hydrogen-bond donors (Lipinski definition) is 0. The molecule has 0 spiro atoms. The maximum atomic E-state index is 12.7. The number of ketones is 1. The van der Waals surface area contributed by atoms with Crippen LogP contribution in [0.4, 0.5) is 5.69 Å². The summed E-state index contributed by atoms with van der Waals surface area (Å²) < 4.78 is 2.35. The molecular weight excluding hydrogens is 370 g/mol. The van der Waals surface area contributed by atoms with Crippen LogP contribution in [0.1, 0.15) is 66.3 Å². The van der Waals surface area contributed by atoms with E-state index in [9.17, 15) is 9.59 Å². The molecule has 2 fully saturated rings. The summed E-state index contributed by atoms with van der Waals surface area (Å²) in [5, 5.41) is 0.967. The molecule has 28 heavy (non-hydrogen) atoms. The quantitative estimate of drug-likeness (QED) is 0.523. The van der Waals surface area contributed by atoms with Gasteiger partial charge in [-0.15, -0.1) is 0 Å². The number of imidazole rings is 1. The van der Waals surface area contributed by atoms with E-state index in [1.54, 1.807) is 4.90 Å². The fraction of sp³-hybridized carbons (Fsp3) is 0.500. The van der Waals surface area contributed by atoms with Crippen molar-refractivity contribution in [1.82, 2.24) is 9.55 Å². The first-order valence-electron chi connectivity index (χ1n) is 10.2. The molecule has 148 valence electrons. The highest BCUT2D eigenvalue weighted by Gasteiger charge is 2.24. The van der Waals surface area contributed by atoms with Crippen molar-refractivity contribution in [2.75, 3.05) is 17.2 Å². The van der Waals surface area contributed by atoms with Crippen molar-refractivity contribution in [1.29, 1.82) is 0 Å². The van der Waals surface area contributed by atoms with Gasteiger partial charge in [-0.05, 0) is 57.4 Å². The third-order valence-electron chi connectivity index (χ3n) is 5.95. The Bertz CT molecular complexity index is 882. The Hall–Kier alpha value is -2.08. The molecule has 2 heterocycles. The van der Waals surface area contributed by atoms with Crippen molar-refractivity contribution < 1.29 is 9.59 Å². The summed E-state index contributed by atoms with van der Waals surface area (Å²) in [5.41, 5.74) is 3.85. The van der Waals surface area contributed by atoms with Crippen LogP contribution in [0, 0.1) is 13.8 Å². The van der Waals surface area contributed by atoms with Crippen LogP contribution in [-0.4, -0.2) is 33.5 Å². The number of thioether (sulfide) groups is 1. The van der Waals surface area contributed by atoms with Gasteiger partial charge < -0.3 is 9.47 Å². The van der Waals surface area contributed by atoms with Gasteiger partial charge in [-0.3, -0.25) is 9.59 Å². The highest BCUT2D eigenvalue weighted by molar-refractivity contribution is 7.99. The molecule has 6 heteroatoms. The zero-order chi connectivity index (χ0) is 19.7. The Kier molecular flexibility index (Phi) is 5.58. The van der Waals surface area contributed by atoms with Crippen molar-refractivity contribution in [3.63, 3.8) is 0 Å². The molecule has 0 radical (unpaired) electrons. The molecule has 1 aromatic heterocycles. The highest BCUT2D eigenvalue weighted by Crippen LogP contribution is 2.35. The summed E-state index contributed by atoms with van der Waals surface area (Å²) in [4.78, 5) is 31.1. The summed E-state index contributed by atoms with van der Waals surface area (Å²) in [5.74, 6) is 0.643. The third kappa shape index (κ3) is 3.75. The van der Waals surface area contributed by atoms with Gasteiger partial charge in [0.25, 0.3) is 0 Å². The maximum Gasteiger partial charge on any atom is 0.227 e. The monoisotopic (exact) mass is 397 g/mol. The van der Waals surface area contributed by atoms with E-state index in [0.717, 1.165) is 29.5 Å². The van der Waals surface area contributed by atoms with Crippen molar-refractivity contribution in [3.05, 3.63) is 41.2 Å². The number of aryl methyl sites for hydroxylation is 1. The van der Waals surface area contributed by atoms with Crippen molar-refractivity contribution in [2.45, 2.75) is 63.6 Å². The predicted octanol–water partition coefficient (Wildman–Crippen LogP) is 4.72. The Morgan fingerprint density at radius 2 is 1.86 bits per heavy atom. The first-order valence-corrected chi connectivity index (χ1v) is 11.1. The minimum Gasteiger partial charge on any atom is -0.320 e. The van der Waals surface area contributed by atoms with Crippen molar-refractivity contribution >= 4 is 29.1 Å². The van der Waals surface area contributed by atoms with Gasteiger partial charge in [0.2, 0.25) is 5.91 Å². The number of anilines is 1. The second-order valence-electron chi connectivity index (χ2n) is 7.78. The van der Waals surface area contributed by atoms with Crippen molar-refractivity contribution in [3.8, 4) is 0 Å². The molecule has 5 nitrogen and oxygen atoms in total. The fourth-order valence-corrected chi connectivity index (χ4v) is 5.31. The molecule has 0 atom stereocenters. The summed E-state index contributed by atoms with van der Waals surface area (Å²) in [6.07, 6.45) is 6.47. The van der Waals surface area contributed by atoms with E-state index in [1.807, 2.05) is 31.2 Å². The second kappa shape index (κ2) is 8.11. The molecule has 4 rings (SSSR count). The van der Waals surface area contributed by atoms with Crippen LogP contribution in [0.2, 0.25) is 0 Å². The standard InChI is InChI=1S/C22H27N3O2S/c1-15-16(2)25(19-6-3-4-7-19)22(23-15)28-14-20(26)17-9-11-18(12-10-17)24-13-5-8-21(24)27/h9-12,19H,3-8,13-14H2,1-2H3. The Morgan fingerprint density at radius 3 is 2.50 bits per heavy atom. The topological polar surface area (TPSA) is 55.2 Å². The van der Waals surface area contributed by atoms with Crippen LogP contribution in [0.15, 0.2) is 29.4 Å². The van der Waals surface area contributed by atoms with E-state index in [0.29, 0.717) is 23.8 Å². The molecule has 1 amide bonds. The molecule has 1 aromatic carbocycles. The molecule has 1 aliphatic heterocycles. The second-order valence-corrected chi connectivity index (χ2v) is 8.72. The number of aromatic nitrogens is 2. The molecule has 0 N–H and O–H groups in total. The highest BCUT2D eigenvalue weighted by atomic mass is 32.2. The van der Waals surface area contributed by atoms with Gasteiger partial charge in [0.05, 0.1) is 11.4 Å². The van der Waals surface area contributed by atoms with E-state index in [4.69, 9.17) is 4.98 Å². The average Bonchev–Trinajstić information content (AvgIpc) is 3.42. The number of carbonyl (C=O) groups excluding carboxylic acids is 2. The SMILES string of the molecule is Cc1nc(SCC(=O)c2ccc(N3CCCC3=O)cc2)n(C2CCCC2)c1C. The lowest BCUT2D eigenvalue weighted by Gasteiger charge is -2.17. The average molecular weight is 398 g/mol. The molecule has 0 unspecified atom stereocenters. The molecule has 1 saturated heterocycles. The van der Waals surface area contributed by atoms with Crippen LogP contribution in [0.25, 0.3) is 0 Å². The Balaban J connectivity index is 1.43. The van der Waals surface area contributed by atoms with E-state index in [2.05, 4.69) is 11.5 Å². The number of Topliss-reactive ketones (excluding diaryl/α,β-unsaturated/α-hetero) is 1. The number of hydrogen-bond acceptors (Lipinski definition) is 4. The van der Waals surface area contributed by atoms with Gasteiger partial charge in [0.1, 0.15) is 0 Å². The molecule has 0 bridgehead atoms. The summed E-state index contributed by atoms with van der Waals surface area (Å²) in [6.45, 7) is 4.94. The van der Waals surface area contributed by atoms with Crippen LogP contribution in [-0.2, 0) is 4.79 Å². The lowest BCUT2D eigenvalue weighted by atomic mass is 10.1. The normalized spacial score (nSPS) is 17.6. The number of nitrogens with zero attached hydrogens (tertiary/aromatic N) is 3. The largest absolute Gasteiger partial charge is 0.320 e. The molecule has 2 aliphatic rings. The minimum atomic E-state index is 0.0978. The van der Waals surface area contributed by atoms with E-state index in [1.165, 1.54) is 43.1 Å². The molecular formula is C22H27N3O2S. The van der Waals surface area contributed by atoms with Gasteiger partial charge in [-0.1, -0.05) is 24.6 Å². The van der Waals surface area contributed by atoms with Gasteiger partial charge in [-0.2, -0.15) is 0 Å². The summed E-state index contributed by atoms with van der Waals surface area (Å²) >= 11 is 1.54. The minimum absolute atomic E-state index is 0.0978. The fourth-order valence-electron chi connectivity index (χ4n) is 4.25.